The molecule has 73 heavy (non-hydrogen) atoms. The van der Waals surface area contributed by atoms with E-state index in [0.29, 0.717) is 74.2 Å². The first-order valence-electron chi connectivity index (χ1n) is 21.3. The third kappa shape index (κ3) is 14.5. The van der Waals surface area contributed by atoms with Gasteiger partial charge in [-0.2, -0.15) is 39.2 Å². The van der Waals surface area contributed by atoms with Gasteiger partial charge in [0.15, 0.2) is 57.8 Å². The van der Waals surface area contributed by atoms with E-state index in [1.54, 1.807) is 57.3 Å². The Balaban J connectivity index is 0.000000190. The van der Waals surface area contributed by atoms with Crippen LogP contribution in [0.1, 0.15) is 68.2 Å². The summed E-state index contributed by atoms with van der Waals surface area (Å²) in [6, 6.07) is 12.7. The molecule has 0 radical (unpaired) electrons. The molecule has 2 aliphatic rings. The van der Waals surface area contributed by atoms with Crippen LogP contribution in [-0.2, 0) is 25.4 Å². The number of nitrogens with one attached hydrogen (secondary N) is 1. The molecule has 0 unspecified atom stereocenters. The second kappa shape index (κ2) is 24.9. The van der Waals surface area contributed by atoms with Gasteiger partial charge in [-0.3, -0.25) is 14.8 Å². The Hall–Kier alpha value is -7.26. The zero-order valence-electron chi connectivity index (χ0n) is 37.3. The molecule has 2 fully saturated rings. The molecule has 0 spiro atoms. The Morgan fingerprint density at radius 3 is 1.45 bits per heavy atom. The summed E-state index contributed by atoms with van der Waals surface area (Å²) in [6.45, 7) is 4.38. The fourth-order valence-electron chi connectivity index (χ4n) is 6.65. The molecule has 8 aromatic rings. The highest BCUT2D eigenvalue weighted by Crippen LogP contribution is 2.35. The van der Waals surface area contributed by atoms with Crippen molar-refractivity contribution < 1.29 is 52.9 Å². The van der Waals surface area contributed by atoms with Crippen LogP contribution in [0.15, 0.2) is 94.8 Å². The maximum absolute atomic E-state index is 12.8. The molecule has 8 aromatic heterocycles. The van der Waals surface area contributed by atoms with Gasteiger partial charge in [-0.25, -0.2) is 14.8 Å². The minimum absolute atomic E-state index is 0.149. The Labute approximate surface area is 429 Å². The van der Waals surface area contributed by atoms with E-state index in [1.165, 1.54) is 80.4 Å². The van der Waals surface area contributed by atoms with E-state index in [1.807, 2.05) is 0 Å². The topological polar surface area (TPSA) is 257 Å². The number of hydrogen-bond donors (Lipinski definition) is 2. The zero-order chi connectivity index (χ0) is 52.0. The number of carbonyl (C=O) groups excluding carboxylic acids is 1. The number of carboxylic acids is 1. The zero-order valence-corrected chi connectivity index (χ0v) is 41.1. The van der Waals surface area contributed by atoms with Gasteiger partial charge in [0.1, 0.15) is 0 Å². The fourth-order valence-corrected chi connectivity index (χ4v) is 8.49. The first-order chi connectivity index (χ1) is 35.2. The van der Waals surface area contributed by atoms with Gasteiger partial charge in [-0.05, 0) is 87.3 Å². The highest BCUT2D eigenvalue weighted by molar-refractivity contribution is 14.1. The number of aromatic carboxylic acids is 1. The highest BCUT2D eigenvalue weighted by Gasteiger charge is 2.39. The van der Waals surface area contributed by atoms with Crippen molar-refractivity contribution in [3.8, 4) is 21.4 Å². The maximum Gasteiger partial charge on any atom is 0.471 e. The monoisotopic (exact) mass is 1170 g/mol. The lowest BCUT2D eigenvalue weighted by molar-refractivity contribution is -0.160. The molecule has 31 heteroatoms. The molecular formula is C42H36F7IN16O5S2. The lowest BCUT2D eigenvalue weighted by Gasteiger charge is -2.21. The number of likely N-dealkylation sites (tertiary alicyclic amines) is 1. The van der Waals surface area contributed by atoms with Crippen LogP contribution in [0.3, 0.4) is 0 Å². The molecule has 2 N–H and O–H groups in total. The number of hydrogen-bond acceptors (Lipinski definition) is 21. The van der Waals surface area contributed by atoms with Gasteiger partial charge in [0, 0.05) is 47.6 Å². The number of alkyl halides is 6. The SMILES string of the molecule is C1CCNC1.FI.O=C(O)c1ccc(N(Cc2ccc(-c3noc(C(F)(F)F)n3)s2)c2cnccn2)nn1.O=C(c1ccc(N(Cc2ccc(-c3noc(C(F)(F)F)n3)s2)c2cnccn2)nn1)N1CCCC1. The van der Waals surface area contributed by atoms with Crippen molar-refractivity contribution in [2.75, 3.05) is 36.0 Å². The Morgan fingerprint density at radius 2 is 1.10 bits per heavy atom. The summed E-state index contributed by atoms with van der Waals surface area (Å²) in [4.78, 5) is 54.5. The number of amides is 1. The van der Waals surface area contributed by atoms with E-state index in [0.717, 1.165) is 29.1 Å². The molecule has 0 atom stereocenters. The molecule has 2 saturated heterocycles. The van der Waals surface area contributed by atoms with Crippen LogP contribution in [0.4, 0.5) is 52.5 Å². The van der Waals surface area contributed by atoms with Gasteiger partial charge in [-0.15, -0.1) is 43.1 Å². The number of aromatic nitrogens is 12. The van der Waals surface area contributed by atoms with Crippen molar-refractivity contribution in [2.24, 2.45) is 0 Å². The van der Waals surface area contributed by atoms with E-state index in [-0.39, 0.29) is 42.0 Å². The van der Waals surface area contributed by atoms with Gasteiger partial charge >= 0.3 is 30.1 Å². The van der Waals surface area contributed by atoms with Crippen molar-refractivity contribution in [1.82, 2.24) is 70.8 Å². The molecule has 1 amide bonds. The summed E-state index contributed by atoms with van der Waals surface area (Å²) >= 11 is 3.00. The highest BCUT2D eigenvalue weighted by atomic mass is 127. The van der Waals surface area contributed by atoms with Crippen LogP contribution in [0.2, 0.25) is 0 Å². The minimum Gasteiger partial charge on any atom is -0.476 e. The van der Waals surface area contributed by atoms with Crippen LogP contribution in [0.5, 0.6) is 0 Å². The largest absolute Gasteiger partial charge is 0.476 e. The van der Waals surface area contributed by atoms with Gasteiger partial charge in [-0.1, -0.05) is 10.3 Å². The standard InChI is InChI=1S/C21H17F3N8O2S.C17H10F3N7O3S.C4H9N.FI/c22-21(23,24)20-27-18(30-34-20)15-5-3-13(35-15)12-32(17-11-25-7-8-26-17)16-6-4-14(28-29-16)19(33)31-9-1-2-10-31;18-17(19,20)16-23-14(26-30-16)11-3-1-9(31-11)8-27(13-7-21-5-6-22-13)12-4-2-10(15(28)29)24-25-12;1-2-4-5-3-1;1-2/h3-8,11H,1-2,9-10,12H2;1-7H,8H2,(H,28,29);5H,1-4H2;. The summed E-state index contributed by atoms with van der Waals surface area (Å²) in [5.74, 6) is -2.90. The molecule has 0 aliphatic carbocycles. The number of rotatable bonds is 12. The third-order valence-electron chi connectivity index (χ3n) is 10.0. The van der Waals surface area contributed by atoms with Gasteiger partial charge in [0.05, 0.1) is 35.2 Å². The molecule has 382 valence electrons. The van der Waals surface area contributed by atoms with E-state index >= 15 is 0 Å². The maximum atomic E-state index is 12.8. The summed E-state index contributed by atoms with van der Waals surface area (Å²) in [6.07, 6.45) is 4.33. The fraction of sp³-hybridized carbons (Fsp3) is 0.286. The summed E-state index contributed by atoms with van der Waals surface area (Å²) in [5.41, 5.74) is 0.0320. The minimum atomic E-state index is -4.73. The lowest BCUT2D eigenvalue weighted by atomic mass is 10.3. The number of nitrogens with zero attached hydrogens (tertiary/aromatic N) is 15. The van der Waals surface area contributed by atoms with Crippen LogP contribution in [0, 0.1) is 0 Å². The van der Waals surface area contributed by atoms with E-state index in [9.17, 15) is 38.8 Å². The quantitative estimate of drug-likeness (QED) is 0.0853. The molecule has 10 rings (SSSR count). The lowest BCUT2D eigenvalue weighted by Crippen LogP contribution is -2.29. The number of carbonyl (C=O) groups is 2. The first kappa shape index (κ1) is 53.5. The predicted octanol–water partition coefficient (Wildman–Crippen LogP) is 9.08. The van der Waals surface area contributed by atoms with Crippen molar-refractivity contribution >= 4 is 81.0 Å². The number of anilines is 4. The normalized spacial score (nSPS) is 13.2. The van der Waals surface area contributed by atoms with E-state index in [2.05, 4.69) is 75.0 Å². The average Bonchev–Trinajstić information content (AvgIpc) is 4.26. The van der Waals surface area contributed by atoms with Gasteiger partial charge in [0.2, 0.25) is 11.6 Å². The van der Waals surface area contributed by atoms with Crippen molar-refractivity contribution in [3.05, 3.63) is 119 Å². The average molecular weight is 1170 g/mol. The third-order valence-corrected chi connectivity index (χ3v) is 12.2. The molecule has 10 heterocycles. The van der Waals surface area contributed by atoms with E-state index < -0.39 is 30.1 Å². The molecule has 21 nitrogen and oxygen atoms in total. The second-order valence-electron chi connectivity index (χ2n) is 15.0. The smallest absolute Gasteiger partial charge is 0.471 e. The van der Waals surface area contributed by atoms with Gasteiger partial charge < -0.3 is 34.2 Å². The summed E-state index contributed by atoms with van der Waals surface area (Å²) in [7, 11) is 0. The molecule has 2 aliphatic heterocycles. The predicted molar refractivity (Wildman–Crippen MR) is 254 cm³/mol. The Bertz CT molecular complexity index is 2990. The number of carboxylic acid groups (broad SMARTS) is 1. The Kier molecular flexibility index (Phi) is 18.3. The van der Waals surface area contributed by atoms with Crippen LogP contribution >= 0.6 is 45.8 Å². The van der Waals surface area contributed by atoms with Crippen molar-refractivity contribution in [3.63, 3.8) is 0 Å². The second-order valence-corrected chi connectivity index (χ2v) is 17.3. The molecule has 0 saturated carbocycles. The van der Waals surface area contributed by atoms with Crippen LogP contribution in [-0.4, -0.2) is 109 Å². The number of thiophene rings is 2. The van der Waals surface area contributed by atoms with E-state index in [4.69, 9.17) is 5.11 Å². The molecule has 0 bridgehead atoms. The Morgan fingerprint density at radius 1 is 0.630 bits per heavy atom. The van der Waals surface area contributed by atoms with Gasteiger partial charge in [0.25, 0.3) is 5.91 Å². The van der Waals surface area contributed by atoms with Crippen molar-refractivity contribution in [1.29, 1.82) is 0 Å². The number of halogens is 8. The first-order valence-corrected chi connectivity index (χ1v) is 23.8. The summed E-state index contributed by atoms with van der Waals surface area (Å²) in [5, 5.41) is 35.0. The van der Waals surface area contributed by atoms with Crippen molar-refractivity contribution in [2.45, 2.75) is 51.1 Å². The summed E-state index contributed by atoms with van der Waals surface area (Å²) < 4.78 is 94.5. The van der Waals surface area contributed by atoms with Crippen LogP contribution < -0.4 is 15.1 Å². The molecule has 0 aromatic carbocycles. The molecular weight excluding hydrogens is 1130 g/mol. The van der Waals surface area contributed by atoms with Crippen LogP contribution in [0.25, 0.3) is 21.4 Å².